The number of hydrogen-bond donors (Lipinski definition) is 2. The third kappa shape index (κ3) is 3.67. The summed E-state index contributed by atoms with van der Waals surface area (Å²) in [6, 6.07) is 16.0. The molecule has 0 radical (unpaired) electrons. The van der Waals surface area contributed by atoms with Crippen LogP contribution in [-0.2, 0) is 6.42 Å². The lowest BCUT2D eigenvalue weighted by Gasteiger charge is -2.20. The molecule has 5 nitrogen and oxygen atoms in total. The summed E-state index contributed by atoms with van der Waals surface area (Å²) in [5, 5.41) is 6.62. The number of aryl methyl sites for hydroxylation is 3. The maximum atomic E-state index is 12.6. The topological polar surface area (TPSA) is 66.9 Å². The second-order valence-electron chi connectivity index (χ2n) is 6.93. The molecule has 27 heavy (non-hydrogen) atoms. The number of anilines is 4. The normalized spacial score (nSPS) is 13.2. The van der Waals surface area contributed by atoms with Gasteiger partial charge in [0.25, 0.3) is 0 Å². The molecule has 0 amide bonds. The van der Waals surface area contributed by atoms with Crippen LogP contribution < -0.4 is 10.6 Å². The third-order valence-corrected chi connectivity index (χ3v) is 4.75. The number of benzene rings is 2. The quantitative estimate of drug-likeness (QED) is 0.679. The number of rotatable bonds is 4. The van der Waals surface area contributed by atoms with Crippen molar-refractivity contribution in [3.05, 3.63) is 70.9 Å². The average molecular weight is 358 g/mol. The maximum absolute atomic E-state index is 12.6. The molecule has 1 heterocycles. The summed E-state index contributed by atoms with van der Waals surface area (Å²) in [7, 11) is 0. The van der Waals surface area contributed by atoms with Crippen LogP contribution in [0.15, 0.2) is 48.5 Å². The molecule has 136 valence electrons. The molecule has 2 aromatic carbocycles. The van der Waals surface area contributed by atoms with E-state index in [1.165, 1.54) is 5.56 Å². The minimum atomic E-state index is 0.106. The van der Waals surface area contributed by atoms with Gasteiger partial charge in [-0.3, -0.25) is 4.79 Å². The van der Waals surface area contributed by atoms with Crippen molar-refractivity contribution in [3.63, 3.8) is 0 Å². The lowest BCUT2D eigenvalue weighted by molar-refractivity contribution is 0.0972. The van der Waals surface area contributed by atoms with Crippen LogP contribution in [0.4, 0.5) is 23.1 Å². The van der Waals surface area contributed by atoms with Gasteiger partial charge in [-0.1, -0.05) is 35.9 Å². The Morgan fingerprint density at radius 3 is 2.52 bits per heavy atom. The van der Waals surface area contributed by atoms with Gasteiger partial charge in [-0.2, -0.15) is 4.98 Å². The summed E-state index contributed by atoms with van der Waals surface area (Å²) < 4.78 is 0. The molecule has 0 spiro atoms. The summed E-state index contributed by atoms with van der Waals surface area (Å²) >= 11 is 0. The molecule has 0 bridgehead atoms. The molecular weight excluding hydrogens is 336 g/mol. The van der Waals surface area contributed by atoms with Gasteiger partial charge in [-0.05, 0) is 50.5 Å². The minimum absolute atomic E-state index is 0.106. The summed E-state index contributed by atoms with van der Waals surface area (Å²) in [5.74, 6) is 1.19. The third-order valence-electron chi connectivity index (χ3n) is 4.75. The molecule has 0 unspecified atom stereocenters. The molecule has 5 heteroatoms. The van der Waals surface area contributed by atoms with Crippen molar-refractivity contribution in [2.75, 3.05) is 10.6 Å². The number of Topliss-reactive ketones (excluding diaryl/α,β-unsaturated/α-hetero) is 1. The smallest absolute Gasteiger partial charge is 0.229 e. The SMILES string of the molecule is Cc1ccc(Nc2nc(Nc3ccccc3)nc3c2C(=O)CCC3)c(C)c1. The van der Waals surface area contributed by atoms with E-state index in [1.54, 1.807) is 0 Å². The van der Waals surface area contributed by atoms with Crippen molar-refractivity contribution < 1.29 is 4.79 Å². The second-order valence-corrected chi connectivity index (χ2v) is 6.93. The number of carbonyl (C=O) groups excluding carboxylic acids is 1. The molecule has 0 fully saturated rings. The fraction of sp³-hybridized carbons (Fsp3) is 0.227. The highest BCUT2D eigenvalue weighted by Crippen LogP contribution is 2.30. The van der Waals surface area contributed by atoms with Gasteiger partial charge in [0, 0.05) is 17.8 Å². The van der Waals surface area contributed by atoms with Gasteiger partial charge in [0.2, 0.25) is 5.95 Å². The van der Waals surface area contributed by atoms with Crippen molar-refractivity contribution in [1.29, 1.82) is 0 Å². The number of para-hydroxylation sites is 1. The molecule has 0 saturated heterocycles. The number of carbonyl (C=O) groups is 1. The van der Waals surface area contributed by atoms with Gasteiger partial charge in [-0.15, -0.1) is 0 Å². The van der Waals surface area contributed by atoms with Gasteiger partial charge in [0.15, 0.2) is 5.78 Å². The first-order valence-corrected chi connectivity index (χ1v) is 9.20. The first kappa shape index (κ1) is 17.2. The minimum Gasteiger partial charge on any atom is -0.339 e. The van der Waals surface area contributed by atoms with Crippen molar-refractivity contribution in [2.24, 2.45) is 0 Å². The predicted octanol–water partition coefficient (Wildman–Crippen LogP) is 5.10. The zero-order chi connectivity index (χ0) is 18.8. The highest BCUT2D eigenvalue weighted by Gasteiger charge is 2.25. The Morgan fingerprint density at radius 2 is 1.74 bits per heavy atom. The van der Waals surface area contributed by atoms with Crippen molar-refractivity contribution in [2.45, 2.75) is 33.1 Å². The summed E-state index contributed by atoms with van der Waals surface area (Å²) in [5.41, 5.74) is 5.61. The van der Waals surface area contributed by atoms with Crippen molar-refractivity contribution in [1.82, 2.24) is 9.97 Å². The lowest BCUT2D eigenvalue weighted by atomic mass is 9.95. The first-order chi connectivity index (χ1) is 13.1. The van der Waals surface area contributed by atoms with Gasteiger partial charge in [0.1, 0.15) is 5.82 Å². The van der Waals surface area contributed by atoms with E-state index in [9.17, 15) is 4.79 Å². The standard InChI is InChI=1S/C22H22N4O/c1-14-11-12-17(15(2)13-14)24-21-20-18(9-6-10-19(20)27)25-22(26-21)23-16-7-4-3-5-8-16/h3-5,7-8,11-13H,6,9-10H2,1-2H3,(H2,23,24,25,26). The zero-order valence-corrected chi connectivity index (χ0v) is 15.5. The number of ketones is 1. The predicted molar refractivity (Wildman–Crippen MR) is 108 cm³/mol. The van der Waals surface area contributed by atoms with Gasteiger partial charge >= 0.3 is 0 Å². The fourth-order valence-electron chi connectivity index (χ4n) is 3.40. The Balaban J connectivity index is 1.75. The maximum Gasteiger partial charge on any atom is 0.229 e. The van der Waals surface area contributed by atoms with Crippen molar-refractivity contribution in [3.8, 4) is 0 Å². The Labute approximate surface area is 158 Å². The Morgan fingerprint density at radius 1 is 0.926 bits per heavy atom. The Kier molecular flexibility index (Phi) is 4.59. The van der Waals surface area contributed by atoms with E-state index in [0.29, 0.717) is 23.8 Å². The van der Waals surface area contributed by atoms with Crippen LogP contribution >= 0.6 is 0 Å². The molecule has 4 rings (SSSR count). The summed E-state index contributed by atoms with van der Waals surface area (Å²) in [6.45, 7) is 4.11. The van der Waals surface area contributed by atoms with Crippen LogP contribution in [0.5, 0.6) is 0 Å². The number of aromatic nitrogens is 2. The molecule has 0 saturated carbocycles. The van der Waals surface area contributed by atoms with E-state index in [-0.39, 0.29) is 5.78 Å². The summed E-state index contributed by atoms with van der Waals surface area (Å²) in [4.78, 5) is 21.8. The van der Waals surface area contributed by atoms with E-state index >= 15 is 0 Å². The van der Waals surface area contributed by atoms with Crippen LogP contribution in [0, 0.1) is 13.8 Å². The zero-order valence-electron chi connectivity index (χ0n) is 15.5. The molecule has 1 aliphatic carbocycles. The number of nitrogens with zero attached hydrogens (tertiary/aromatic N) is 2. The highest BCUT2D eigenvalue weighted by atomic mass is 16.1. The molecule has 0 atom stereocenters. The highest BCUT2D eigenvalue weighted by molar-refractivity contribution is 6.03. The van der Waals surface area contributed by atoms with E-state index < -0.39 is 0 Å². The van der Waals surface area contributed by atoms with Crippen LogP contribution in [0.25, 0.3) is 0 Å². The first-order valence-electron chi connectivity index (χ1n) is 9.20. The van der Waals surface area contributed by atoms with Crippen LogP contribution in [0.2, 0.25) is 0 Å². The van der Waals surface area contributed by atoms with Crippen molar-refractivity contribution >= 4 is 28.9 Å². The Bertz CT molecular complexity index is 999. The van der Waals surface area contributed by atoms with E-state index in [0.717, 1.165) is 35.5 Å². The largest absolute Gasteiger partial charge is 0.339 e. The van der Waals surface area contributed by atoms with Gasteiger partial charge in [0.05, 0.1) is 11.3 Å². The molecular formula is C22H22N4O. The van der Waals surface area contributed by atoms with E-state index in [4.69, 9.17) is 0 Å². The van der Waals surface area contributed by atoms with Crippen LogP contribution in [-0.4, -0.2) is 15.8 Å². The molecule has 0 aliphatic heterocycles. The second kappa shape index (κ2) is 7.19. The molecule has 3 aromatic rings. The number of fused-ring (bicyclic) bond motifs is 1. The fourth-order valence-corrected chi connectivity index (χ4v) is 3.40. The molecule has 1 aromatic heterocycles. The average Bonchev–Trinajstić information content (AvgIpc) is 2.65. The van der Waals surface area contributed by atoms with E-state index in [2.05, 4.69) is 33.6 Å². The molecule has 2 N–H and O–H groups in total. The van der Waals surface area contributed by atoms with Crippen LogP contribution in [0.1, 0.15) is 40.0 Å². The number of hydrogen-bond acceptors (Lipinski definition) is 5. The summed E-state index contributed by atoms with van der Waals surface area (Å²) in [6.07, 6.45) is 2.16. The monoisotopic (exact) mass is 358 g/mol. The van der Waals surface area contributed by atoms with E-state index in [1.807, 2.05) is 49.4 Å². The molecule has 1 aliphatic rings. The van der Waals surface area contributed by atoms with Gasteiger partial charge in [-0.25, -0.2) is 4.98 Å². The number of nitrogens with one attached hydrogen (secondary N) is 2. The van der Waals surface area contributed by atoms with Gasteiger partial charge < -0.3 is 10.6 Å². The van der Waals surface area contributed by atoms with Crippen LogP contribution in [0.3, 0.4) is 0 Å². The lowest BCUT2D eigenvalue weighted by Crippen LogP contribution is -2.18. The Hall–Kier alpha value is -3.21.